The molecule has 0 aromatic heterocycles. The van der Waals surface area contributed by atoms with Gasteiger partial charge in [-0.15, -0.1) is 0 Å². The number of benzene rings is 2. The fourth-order valence-electron chi connectivity index (χ4n) is 1.78. The summed E-state index contributed by atoms with van der Waals surface area (Å²) in [5.41, 5.74) is 0.429. The van der Waals surface area contributed by atoms with Crippen LogP contribution in [0.4, 0.5) is 0 Å². The van der Waals surface area contributed by atoms with Crippen molar-refractivity contribution in [2.45, 2.75) is 4.90 Å². The Morgan fingerprint density at radius 2 is 1.73 bits per heavy atom. The third kappa shape index (κ3) is 4.56. The molecule has 0 radical (unpaired) electrons. The molecular formula is C15H15ClN2O3S. The summed E-state index contributed by atoms with van der Waals surface area (Å²) in [6, 6.07) is 14.6. The Morgan fingerprint density at radius 1 is 1.00 bits per heavy atom. The highest BCUT2D eigenvalue weighted by molar-refractivity contribution is 7.89. The van der Waals surface area contributed by atoms with E-state index in [4.69, 9.17) is 11.6 Å². The molecule has 0 saturated heterocycles. The van der Waals surface area contributed by atoms with Gasteiger partial charge >= 0.3 is 0 Å². The van der Waals surface area contributed by atoms with Gasteiger partial charge in [0.2, 0.25) is 10.0 Å². The van der Waals surface area contributed by atoms with Crippen molar-refractivity contribution in [3.05, 3.63) is 65.2 Å². The lowest BCUT2D eigenvalue weighted by Crippen LogP contribution is -2.34. The van der Waals surface area contributed by atoms with Crippen molar-refractivity contribution in [1.29, 1.82) is 0 Å². The van der Waals surface area contributed by atoms with Crippen LogP contribution >= 0.6 is 11.6 Å². The van der Waals surface area contributed by atoms with Crippen LogP contribution in [0.15, 0.2) is 59.5 Å². The average molecular weight is 339 g/mol. The first kappa shape index (κ1) is 16.5. The highest BCUT2D eigenvalue weighted by Crippen LogP contribution is 2.10. The van der Waals surface area contributed by atoms with Gasteiger partial charge in [-0.05, 0) is 30.3 Å². The summed E-state index contributed by atoms with van der Waals surface area (Å²) >= 11 is 5.81. The largest absolute Gasteiger partial charge is 0.351 e. The fourth-order valence-corrected chi connectivity index (χ4v) is 3.02. The molecule has 7 heteroatoms. The van der Waals surface area contributed by atoms with Gasteiger partial charge in [0.1, 0.15) is 0 Å². The van der Waals surface area contributed by atoms with Crippen LogP contribution < -0.4 is 10.0 Å². The van der Waals surface area contributed by atoms with E-state index in [1.54, 1.807) is 42.5 Å². The molecule has 2 aromatic carbocycles. The molecule has 0 aliphatic carbocycles. The second kappa shape index (κ2) is 7.40. The van der Waals surface area contributed by atoms with E-state index < -0.39 is 10.0 Å². The SMILES string of the molecule is O=C(NCCNS(=O)(=O)c1ccccc1)c1cccc(Cl)c1. The van der Waals surface area contributed by atoms with Gasteiger partial charge in [0, 0.05) is 23.7 Å². The summed E-state index contributed by atoms with van der Waals surface area (Å²) in [5.74, 6) is -0.304. The van der Waals surface area contributed by atoms with Gasteiger partial charge < -0.3 is 5.32 Å². The minimum absolute atomic E-state index is 0.101. The van der Waals surface area contributed by atoms with Crippen LogP contribution in [0.2, 0.25) is 5.02 Å². The summed E-state index contributed by atoms with van der Waals surface area (Å²) in [7, 11) is -3.55. The van der Waals surface area contributed by atoms with E-state index in [1.807, 2.05) is 0 Å². The van der Waals surface area contributed by atoms with Gasteiger partial charge in [-0.1, -0.05) is 35.9 Å². The molecule has 2 rings (SSSR count). The maximum Gasteiger partial charge on any atom is 0.251 e. The van der Waals surface area contributed by atoms with Gasteiger partial charge in [0.25, 0.3) is 5.91 Å². The molecule has 1 amide bonds. The number of nitrogens with one attached hydrogen (secondary N) is 2. The summed E-state index contributed by atoms with van der Waals surface area (Å²) < 4.78 is 26.3. The molecule has 0 bridgehead atoms. The topological polar surface area (TPSA) is 75.3 Å². The number of amides is 1. The van der Waals surface area contributed by atoms with Crippen LogP contribution in [0.3, 0.4) is 0 Å². The summed E-state index contributed by atoms with van der Waals surface area (Å²) in [6.45, 7) is 0.279. The molecule has 0 atom stereocenters. The molecule has 2 N–H and O–H groups in total. The molecule has 0 spiro atoms. The highest BCUT2D eigenvalue weighted by Gasteiger charge is 2.12. The number of carbonyl (C=O) groups excluding carboxylic acids is 1. The monoisotopic (exact) mass is 338 g/mol. The van der Waals surface area contributed by atoms with E-state index in [1.165, 1.54) is 12.1 Å². The van der Waals surface area contributed by atoms with Crippen LogP contribution in [0.5, 0.6) is 0 Å². The molecule has 2 aromatic rings. The summed E-state index contributed by atoms with van der Waals surface area (Å²) in [5, 5.41) is 3.10. The molecule has 116 valence electrons. The quantitative estimate of drug-likeness (QED) is 0.791. The Balaban J connectivity index is 1.83. The first-order valence-electron chi connectivity index (χ1n) is 6.57. The Bertz CT molecular complexity index is 748. The molecule has 5 nitrogen and oxygen atoms in total. The Labute approximate surface area is 134 Å². The van der Waals surface area contributed by atoms with Crippen LogP contribution in [-0.2, 0) is 10.0 Å². The Kier molecular flexibility index (Phi) is 5.54. The Hall–Kier alpha value is -1.89. The predicted molar refractivity (Wildman–Crippen MR) is 85.4 cm³/mol. The maximum absolute atomic E-state index is 12.0. The van der Waals surface area contributed by atoms with Crippen LogP contribution in [0.1, 0.15) is 10.4 Å². The van der Waals surface area contributed by atoms with Gasteiger partial charge in [-0.2, -0.15) is 0 Å². The Morgan fingerprint density at radius 3 is 2.41 bits per heavy atom. The lowest BCUT2D eigenvalue weighted by molar-refractivity contribution is 0.0954. The van der Waals surface area contributed by atoms with Crippen molar-refractivity contribution in [2.24, 2.45) is 0 Å². The fraction of sp³-hybridized carbons (Fsp3) is 0.133. The van der Waals surface area contributed by atoms with E-state index in [2.05, 4.69) is 10.0 Å². The van der Waals surface area contributed by atoms with E-state index in [0.29, 0.717) is 10.6 Å². The van der Waals surface area contributed by atoms with E-state index in [-0.39, 0.29) is 23.9 Å². The number of halogens is 1. The van der Waals surface area contributed by atoms with Crippen molar-refractivity contribution >= 4 is 27.5 Å². The highest BCUT2D eigenvalue weighted by atomic mass is 35.5. The first-order chi connectivity index (χ1) is 10.5. The molecule has 0 saturated carbocycles. The predicted octanol–water partition coefficient (Wildman–Crippen LogP) is 2.05. The first-order valence-corrected chi connectivity index (χ1v) is 8.43. The van der Waals surface area contributed by atoms with Crippen molar-refractivity contribution in [3.8, 4) is 0 Å². The zero-order valence-electron chi connectivity index (χ0n) is 11.6. The normalized spacial score (nSPS) is 11.1. The smallest absolute Gasteiger partial charge is 0.251 e. The molecular weight excluding hydrogens is 324 g/mol. The van der Waals surface area contributed by atoms with Gasteiger partial charge in [-0.25, -0.2) is 13.1 Å². The molecule has 0 fully saturated rings. The molecule has 22 heavy (non-hydrogen) atoms. The molecule has 0 aliphatic rings. The van der Waals surface area contributed by atoms with Gasteiger partial charge in [-0.3, -0.25) is 4.79 Å². The number of hydrogen-bond acceptors (Lipinski definition) is 3. The lowest BCUT2D eigenvalue weighted by atomic mass is 10.2. The molecule has 0 aliphatic heterocycles. The molecule has 0 unspecified atom stereocenters. The van der Waals surface area contributed by atoms with Crippen molar-refractivity contribution < 1.29 is 13.2 Å². The number of sulfonamides is 1. The standard InChI is InChI=1S/C15H15ClN2O3S/c16-13-6-4-5-12(11-13)15(19)17-9-10-18-22(20,21)14-7-2-1-3-8-14/h1-8,11,18H,9-10H2,(H,17,19). The third-order valence-electron chi connectivity index (χ3n) is 2.84. The summed E-state index contributed by atoms with van der Waals surface area (Å²) in [4.78, 5) is 12.0. The van der Waals surface area contributed by atoms with Gasteiger partial charge in [0.15, 0.2) is 0 Å². The van der Waals surface area contributed by atoms with Crippen LogP contribution in [-0.4, -0.2) is 27.4 Å². The zero-order chi connectivity index (χ0) is 16.0. The van der Waals surface area contributed by atoms with Crippen molar-refractivity contribution in [2.75, 3.05) is 13.1 Å². The third-order valence-corrected chi connectivity index (χ3v) is 4.55. The number of rotatable bonds is 6. The maximum atomic E-state index is 12.0. The number of hydrogen-bond donors (Lipinski definition) is 2. The minimum atomic E-state index is -3.55. The van der Waals surface area contributed by atoms with E-state index >= 15 is 0 Å². The second-order valence-corrected chi connectivity index (χ2v) is 6.68. The van der Waals surface area contributed by atoms with Crippen LogP contribution in [0.25, 0.3) is 0 Å². The molecule has 0 heterocycles. The zero-order valence-corrected chi connectivity index (χ0v) is 13.2. The van der Waals surface area contributed by atoms with Gasteiger partial charge in [0.05, 0.1) is 4.90 Å². The minimum Gasteiger partial charge on any atom is -0.351 e. The lowest BCUT2D eigenvalue weighted by Gasteiger charge is -2.08. The second-order valence-electron chi connectivity index (χ2n) is 4.48. The van der Waals surface area contributed by atoms with Crippen molar-refractivity contribution in [1.82, 2.24) is 10.0 Å². The summed E-state index contributed by atoms with van der Waals surface area (Å²) in [6.07, 6.45) is 0. The average Bonchev–Trinajstić information content (AvgIpc) is 2.52. The number of carbonyl (C=O) groups is 1. The van der Waals surface area contributed by atoms with E-state index in [0.717, 1.165) is 0 Å². The van der Waals surface area contributed by atoms with Crippen LogP contribution in [0, 0.1) is 0 Å². The van der Waals surface area contributed by atoms with Crippen molar-refractivity contribution in [3.63, 3.8) is 0 Å². The van der Waals surface area contributed by atoms with E-state index in [9.17, 15) is 13.2 Å².